The Morgan fingerprint density at radius 3 is 2.75 bits per heavy atom. The van der Waals surface area contributed by atoms with Gasteiger partial charge in [0.1, 0.15) is 5.54 Å². The first-order chi connectivity index (χ1) is 9.42. The van der Waals surface area contributed by atoms with Crippen molar-refractivity contribution in [3.63, 3.8) is 0 Å². The molecule has 0 spiro atoms. The molecule has 0 radical (unpaired) electrons. The zero-order valence-electron chi connectivity index (χ0n) is 13.7. The number of nitrogens with one attached hydrogen (secondary N) is 1. The van der Waals surface area contributed by atoms with Crippen molar-refractivity contribution >= 4 is 5.97 Å². The zero-order valence-corrected chi connectivity index (χ0v) is 13.7. The van der Waals surface area contributed by atoms with E-state index >= 15 is 0 Å². The summed E-state index contributed by atoms with van der Waals surface area (Å²) < 4.78 is 5.18. The van der Waals surface area contributed by atoms with Crippen LogP contribution < -0.4 is 5.32 Å². The SMILES string of the molecule is CCOC(=O)C(C)(CCN1CCCN(C)CC1C)NC. The molecule has 118 valence electrons. The van der Waals surface area contributed by atoms with Crippen LogP contribution in [0.4, 0.5) is 0 Å². The molecule has 20 heavy (non-hydrogen) atoms. The Morgan fingerprint density at radius 2 is 2.15 bits per heavy atom. The van der Waals surface area contributed by atoms with Crippen LogP contribution in [-0.2, 0) is 9.53 Å². The Hall–Kier alpha value is -0.650. The second-order valence-corrected chi connectivity index (χ2v) is 6.05. The van der Waals surface area contributed by atoms with Crippen LogP contribution >= 0.6 is 0 Å². The molecule has 0 bridgehead atoms. The molecule has 1 aliphatic rings. The Labute approximate surface area is 123 Å². The maximum Gasteiger partial charge on any atom is 0.326 e. The van der Waals surface area contributed by atoms with Crippen LogP contribution in [0.15, 0.2) is 0 Å². The summed E-state index contributed by atoms with van der Waals surface area (Å²) >= 11 is 0. The Morgan fingerprint density at radius 1 is 1.45 bits per heavy atom. The molecule has 5 heteroatoms. The maximum atomic E-state index is 12.1. The standard InChI is InChI=1S/C15H31N3O2/c1-6-20-14(19)15(3,16-4)8-11-18-10-7-9-17(5)12-13(18)2/h13,16H,6-12H2,1-5H3. The summed E-state index contributed by atoms with van der Waals surface area (Å²) in [7, 11) is 4.01. The van der Waals surface area contributed by atoms with Gasteiger partial charge in [-0.3, -0.25) is 9.69 Å². The summed E-state index contributed by atoms with van der Waals surface area (Å²) in [6.45, 7) is 10.8. The first-order valence-corrected chi connectivity index (χ1v) is 7.71. The number of esters is 1. The summed E-state index contributed by atoms with van der Waals surface area (Å²) in [4.78, 5) is 16.9. The Bertz CT molecular complexity index is 311. The van der Waals surface area contributed by atoms with Crippen LogP contribution in [0.5, 0.6) is 0 Å². The van der Waals surface area contributed by atoms with Crippen LogP contribution in [0, 0.1) is 0 Å². The average Bonchev–Trinajstić information content (AvgIpc) is 2.57. The lowest BCUT2D eigenvalue weighted by Gasteiger charge is -2.32. The van der Waals surface area contributed by atoms with Crippen molar-refractivity contribution in [3.8, 4) is 0 Å². The van der Waals surface area contributed by atoms with E-state index in [9.17, 15) is 4.79 Å². The van der Waals surface area contributed by atoms with Crippen molar-refractivity contribution in [2.24, 2.45) is 0 Å². The molecule has 1 fully saturated rings. The topological polar surface area (TPSA) is 44.8 Å². The lowest BCUT2D eigenvalue weighted by Crippen LogP contribution is -2.51. The molecular formula is C15H31N3O2. The molecule has 0 saturated carbocycles. The predicted octanol–water partition coefficient (Wildman–Crippen LogP) is 0.944. The van der Waals surface area contributed by atoms with Crippen molar-refractivity contribution in [1.29, 1.82) is 0 Å². The van der Waals surface area contributed by atoms with Gasteiger partial charge >= 0.3 is 5.97 Å². The van der Waals surface area contributed by atoms with E-state index in [1.165, 1.54) is 6.42 Å². The van der Waals surface area contributed by atoms with E-state index in [-0.39, 0.29) is 5.97 Å². The zero-order chi connectivity index (χ0) is 15.2. The number of ether oxygens (including phenoxy) is 1. The average molecular weight is 285 g/mol. The summed E-state index contributed by atoms with van der Waals surface area (Å²) in [5.74, 6) is -0.151. The number of rotatable bonds is 6. The van der Waals surface area contributed by atoms with E-state index in [1.54, 1.807) is 0 Å². The summed E-state index contributed by atoms with van der Waals surface area (Å²) in [6, 6.07) is 0.533. The highest BCUT2D eigenvalue weighted by Gasteiger charge is 2.34. The quantitative estimate of drug-likeness (QED) is 0.736. The minimum atomic E-state index is -0.589. The van der Waals surface area contributed by atoms with Crippen molar-refractivity contribution in [1.82, 2.24) is 15.1 Å². The van der Waals surface area contributed by atoms with Gasteiger partial charge in [-0.05, 0) is 60.8 Å². The van der Waals surface area contributed by atoms with E-state index < -0.39 is 5.54 Å². The van der Waals surface area contributed by atoms with Crippen molar-refractivity contribution < 1.29 is 9.53 Å². The van der Waals surface area contributed by atoms with Gasteiger partial charge in [0.25, 0.3) is 0 Å². The Kier molecular flexibility index (Phi) is 6.92. The number of carbonyl (C=O) groups excluding carboxylic acids is 1. The van der Waals surface area contributed by atoms with Gasteiger partial charge in [0.15, 0.2) is 0 Å². The molecule has 1 heterocycles. The molecule has 2 unspecified atom stereocenters. The highest BCUT2D eigenvalue weighted by Crippen LogP contribution is 2.16. The second-order valence-electron chi connectivity index (χ2n) is 6.05. The third-order valence-electron chi connectivity index (χ3n) is 4.36. The third-order valence-corrected chi connectivity index (χ3v) is 4.36. The van der Waals surface area contributed by atoms with E-state index in [4.69, 9.17) is 4.74 Å². The van der Waals surface area contributed by atoms with Gasteiger partial charge in [0, 0.05) is 19.1 Å². The fourth-order valence-electron chi connectivity index (χ4n) is 2.74. The normalized spacial score (nSPS) is 24.9. The first kappa shape index (κ1) is 17.4. The monoisotopic (exact) mass is 285 g/mol. The fourth-order valence-corrected chi connectivity index (χ4v) is 2.74. The largest absolute Gasteiger partial charge is 0.465 e. The molecule has 0 amide bonds. The molecule has 1 N–H and O–H groups in total. The van der Waals surface area contributed by atoms with Gasteiger partial charge < -0.3 is 15.0 Å². The van der Waals surface area contributed by atoms with Crippen molar-refractivity contribution in [3.05, 3.63) is 0 Å². The number of likely N-dealkylation sites (N-methyl/N-ethyl adjacent to an activating group) is 2. The van der Waals surface area contributed by atoms with E-state index in [2.05, 4.69) is 29.1 Å². The minimum Gasteiger partial charge on any atom is -0.465 e. The van der Waals surface area contributed by atoms with Crippen LogP contribution in [-0.4, -0.2) is 74.2 Å². The van der Waals surface area contributed by atoms with Crippen LogP contribution in [0.25, 0.3) is 0 Å². The van der Waals surface area contributed by atoms with Crippen LogP contribution in [0.3, 0.4) is 0 Å². The van der Waals surface area contributed by atoms with Gasteiger partial charge in [-0.2, -0.15) is 0 Å². The van der Waals surface area contributed by atoms with Gasteiger partial charge in [0.05, 0.1) is 6.61 Å². The molecule has 1 saturated heterocycles. The molecule has 1 aliphatic heterocycles. The maximum absolute atomic E-state index is 12.1. The van der Waals surface area contributed by atoms with E-state index in [0.29, 0.717) is 12.6 Å². The summed E-state index contributed by atoms with van der Waals surface area (Å²) in [5.41, 5.74) is -0.589. The van der Waals surface area contributed by atoms with Crippen LogP contribution in [0.1, 0.15) is 33.6 Å². The van der Waals surface area contributed by atoms with E-state index in [0.717, 1.165) is 32.6 Å². The van der Waals surface area contributed by atoms with Gasteiger partial charge in [-0.25, -0.2) is 0 Å². The molecule has 0 aromatic rings. The Balaban J connectivity index is 2.56. The van der Waals surface area contributed by atoms with Crippen molar-refractivity contribution in [2.75, 3.05) is 46.9 Å². The molecule has 1 rings (SSSR count). The predicted molar refractivity (Wildman–Crippen MR) is 81.9 cm³/mol. The minimum absolute atomic E-state index is 0.151. The highest BCUT2D eigenvalue weighted by atomic mass is 16.5. The molecule has 2 atom stereocenters. The highest BCUT2D eigenvalue weighted by molar-refractivity contribution is 5.80. The van der Waals surface area contributed by atoms with Gasteiger partial charge in [0.2, 0.25) is 0 Å². The lowest BCUT2D eigenvalue weighted by atomic mass is 9.97. The number of carbonyl (C=O) groups is 1. The van der Waals surface area contributed by atoms with E-state index in [1.807, 2.05) is 20.9 Å². The first-order valence-electron chi connectivity index (χ1n) is 7.71. The van der Waals surface area contributed by atoms with Crippen LogP contribution in [0.2, 0.25) is 0 Å². The second kappa shape index (κ2) is 7.96. The molecular weight excluding hydrogens is 254 g/mol. The van der Waals surface area contributed by atoms with Crippen molar-refractivity contribution in [2.45, 2.75) is 45.2 Å². The summed E-state index contributed by atoms with van der Waals surface area (Å²) in [5, 5.41) is 3.13. The number of hydrogen-bond acceptors (Lipinski definition) is 5. The van der Waals surface area contributed by atoms with Gasteiger partial charge in [-0.1, -0.05) is 0 Å². The lowest BCUT2D eigenvalue weighted by molar-refractivity contribution is -0.150. The molecule has 0 aromatic carbocycles. The number of hydrogen-bond donors (Lipinski definition) is 1. The smallest absolute Gasteiger partial charge is 0.326 e. The molecule has 0 aromatic heterocycles. The van der Waals surface area contributed by atoms with Gasteiger partial charge in [-0.15, -0.1) is 0 Å². The summed E-state index contributed by atoms with van der Waals surface area (Å²) in [6.07, 6.45) is 1.97. The third kappa shape index (κ3) is 4.72. The molecule has 0 aliphatic carbocycles. The number of nitrogens with zero attached hydrogens (tertiary/aromatic N) is 2. The fraction of sp³-hybridized carbons (Fsp3) is 0.933. The molecule has 5 nitrogen and oxygen atoms in total.